The fourth-order valence-corrected chi connectivity index (χ4v) is 1.04. The summed E-state index contributed by atoms with van der Waals surface area (Å²) in [6.45, 7) is -1.34. The molecule has 0 aromatic heterocycles. The maximum absolute atomic E-state index is 11.8. The van der Waals surface area contributed by atoms with Crippen LogP contribution in [0.5, 0.6) is 5.75 Å². The van der Waals surface area contributed by atoms with Crippen molar-refractivity contribution in [3.63, 3.8) is 0 Å². The number of carboxylic acids is 1. The Bertz CT molecular complexity index is 350. The summed E-state index contributed by atoms with van der Waals surface area (Å²) in [4.78, 5) is 10.5. The van der Waals surface area contributed by atoms with E-state index in [-0.39, 0.29) is 11.3 Å². The van der Waals surface area contributed by atoms with Gasteiger partial charge in [-0.05, 0) is 30.7 Å². The first-order valence-electron chi connectivity index (χ1n) is 3.79. The zero-order chi connectivity index (χ0) is 10.7. The molecule has 76 valence electrons. The van der Waals surface area contributed by atoms with Gasteiger partial charge in [0, 0.05) is 0 Å². The number of ether oxygens (including phenoxy) is 1. The van der Waals surface area contributed by atoms with Gasteiger partial charge in [0.2, 0.25) is 0 Å². The molecule has 0 heterocycles. The van der Waals surface area contributed by atoms with E-state index in [0.717, 1.165) is 6.07 Å². The number of aromatic carboxylic acids is 1. The number of carbonyl (C=O) groups is 1. The van der Waals surface area contributed by atoms with Crippen molar-refractivity contribution >= 4 is 5.97 Å². The molecule has 0 saturated carbocycles. The summed E-state index contributed by atoms with van der Waals surface area (Å²) >= 11 is 0. The highest BCUT2D eigenvalue weighted by molar-refractivity contribution is 5.88. The molecule has 0 aliphatic carbocycles. The molecule has 0 atom stereocenters. The highest BCUT2D eigenvalue weighted by atomic mass is 19.3. The highest BCUT2D eigenvalue weighted by Gasteiger charge is 2.09. The number of alkyl halides is 2. The lowest BCUT2D eigenvalue weighted by Crippen LogP contribution is -2.04. The smallest absolute Gasteiger partial charge is 0.387 e. The Morgan fingerprint density at radius 1 is 1.43 bits per heavy atom. The topological polar surface area (TPSA) is 46.5 Å². The molecule has 0 bridgehead atoms. The van der Waals surface area contributed by atoms with Gasteiger partial charge in [0.25, 0.3) is 0 Å². The van der Waals surface area contributed by atoms with Gasteiger partial charge >= 0.3 is 12.6 Å². The minimum absolute atomic E-state index is 0.0688. The summed E-state index contributed by atoms with van der Waals surface area (Å²) in [5, 5.41) is 8.62. The predicted octanol–water partition coefficient (Wildman–Crippen LogP) is 2.29. The monoisotopic (exact) mass is 202 g/mol. The first-order valence-corrected chi connectivity index (χ1v) is 3.79. The van der Waals surface area contributed by atoms with Crippen molar-refractivity contribution in [2.75, 3.05) is 0 Å². The molecule has 14 heavy (non-hydrogen) atoms. The van der Waals surface area contributed by atoms with E-state index in [2.05, 4.69) is 4.74 Å². The Kier molecular flexibility index (Phi) is 3.01. The largest absolute Gasteiger partial charge is 0.478 e. The van der Waals surface area contributed by atoms with E-state index < -0.39 is 12.6 Å². The van der Waals surface area contributed by atoms with Gasteiger partial charge in [-0.2, -0.15) is 8.78 Å². The van der Waals surface area contributed by atoms with Gasteiger partial charge in [0.15, 0.2) is 0 Å². The van der Waals surface area contributed by atoms with E-state index in [1.807, 2.05) is 0 Å². The minimum atomic E-state index is -2.95. The van der Waals surface area contributed by atoms with E-state index >= 15 is 0 Å². The van der Waals surface area contributed by atoms with Crippen molar-refractivity contribution in [1.82, 2.24) is 0 Å². The van der Waals surface area contributed by atoms with Gasteiger partial charge in [-0.1, -0.05) is 0 Å². The lowest BCUT2D eigenvalue weighted by Gasteiger charge is -2.06. The number of hydrogen-bond acceptors (Lipinski definition) is 2. The number of aryl methyl sites for hydroxylation is 1. The molecule has 0 saturated heterocycles. The van der Waals surface area contributed by atoms with Crippen molar-refractivity contribution in [2.24, 2.45) is 0 Å². The Balaban J connectivity index is 3.01. The van der Waals surface area contributed by atoms with Crippen LogP contribution < -0.4 is 4.74 Å². The Hall–Kier alpha value is -1.65. The van der Waals surface area contributed by atoms with Gasteiger partial charge in [0.1, 0.15) is 5.75 Å². The number of carboxylic acid groups (broad SMARTS) is 1. The quantitative estimate of drug-likeness (QED) is 0.817. The van der Waals surface area contributed by atoms with Crippen LogP contribution in [0.4, 0.5) is 8.78 Å². The molecule has 0 aliphatic heterocycles. The number of hydrogen-bond donors (Lipinski definition) is 1. The van der Waals surface area contributed by atoms with Crippen LogP contribution in [0.15, 0.2) is 18.2 Å². The van der Waals surface area contributed by atoms with E-state index in [9.17, 15) is 13.6 Å². The molecule has 0 unspecified atom stereocenters. The van der Waals surface area contributed by atoms with Crippen LogP contribution in [0.1, 0.15) is 15.9 Å². The van der Waals surface area contributed by atoms with Crippen LogP contribution in [0.25, 0.3) is 0 Å². The molecule has 5 heteroatoms. The minimum Gasteiger partial charge on any atom is -0.478 e. The maximum Gasteiger partial charge on any atom is 0.387 e. The second kappa shape index (κ2) is 4.04. The standard InChI is InChI=1S/C9H8F2O3/c1-5-2-6(8(12)13)4-7(3-5)14-9(10)11/h2-4,9H,1H3,(H,12,13). The van der Waals surface area contributed by atoms with E-state index in [0.29, 0.717) is 5.56 Å². The van der Waals surface area contributed by atoms with Crippen molar-refractivity contribution in [3.05, 3.63) is 29.3 Å². The first kappa shape index (κ1) is 10.4. The summed E-state index contributed by atoms with van der Waals surface area (Å²) < 4.78 is 27.7. The Morgan fingerprint density at radius 3 is 2.57 bits per heavy atom. The molecule has 0 radical (unpaired) electrons. The van der Waals surface area contributed by atoms with Gasteiger partial charge in [0.05, 0.1) is 5.56 Å². The summed E-state index contributed by atoms with van der Waals surface area (Å²) in [6, 6.07) is 3.78. The van der Waals surface area contributed by atoms with Crippen LogP contribution in [0.3, 0.4) is 0 Å². The Morgan fingerprint density at radius 2 is 2.07 bits per heavy atom. The van der Waals surface area contributed by atoms with Crippen LogP contribution in [-0.2, 0) is 0 Å². The second-order valence-electron chi connectivity index (χ2n) is 2.72. The summed E-state index contributed by atoms with van der Waals surface area (Å²) in [7, 11) is 0. The highest BCUT2D eigenvalue weighted by Crippen LogP contribution is 2.18. The third kappa shape index (κ3) is 2.69. The molecule has 0 aliphatic rings. The molecule has 1 rings (SSSR count). The third-order valence-electron chi connectivity index (χ3n) is 1.52. The SMILES string of the molecule is Cc1cc(OC(F)F)cc(C(=O)O)c1. The van der Waals surface area contributed by atoms with Crippen LogP contribution in [0, 0.1) is 6.92 Å². The zero-order valence-electron chi connectivity index (χ0n) is 7.33. The first-order chi connectivity index (χ1) is 6.49. The lowest BCUT2D eigenvalue weighted by atomic mass is 10.1. The van der Waals surface area contributed by atoms with Crippen molar-refractivity contribution < 1.29 is 23.4 Å². The summed E-state index contributed by atoms with van der Waals surface area (Å²) in [6.07, 6.45) is 0. The second-order valence-corrected chi connectivity index (χ2v) is 2.72. The van der Waals surface area contributed by atoms with E-state index in [1.54, 1.807) is 6.92 Å². The van der Waals surface area contributed by atoms with Crippen LogP contribution in [0.2, 0.25) is 0 Å². The molecule has 0 spiro atoms. The molecule has 1 aromatic carbocycles. The maximum atomic E-state index is 11.8. The summed E-state index contributed by atoms with van der Waals surface area (Å²) in [5.41, 5.74) is 0.487. The molecule has 0 amide bonds. The summed E-state index contributed by atoms with van der Waals surface area (Å²) in [5.74, 6) is -1.31. The number of rotatable bonds is 3. The molecule has 1 aromatic rings. The lowest BCUT2D eigenvalue weighted by molar-refractivity contribution is -0.0499. The van der Waals surface area contributed by atoms with E-state index in [4.69, 9.17) is 5.11 Å². The predicted molar refractivity (Wildman–Crippen MR) is 44.8 cm³/mol. The normalized spacial score (nSPS) is 10.3. The van der Waals surface area contributed by atoms with Gasteiger partial charge in [-0.25, -0.2) is 4.79 Å². The zero-order valence-corrected chi connectivity index (χ0v) is 7.33. The average Bonchev–Trinajstić information content (AvgIpc) is 2.01. The van der Waals surface area contributed by atoms with Crippen molar-refractivity contribution in [2.45, 2.75) is 13.5 Å². The number of benzene rings is 1. The molecule has 0 fully saturated rings. The van der Waals surface area contributed by atoms with E-state index in [1.165, 1.54) is 12.1 Å². The molecular formula is C9H8F2O3. The fraction of sp³-hybridized carbons (Fsp3) is 0.222. The Labute approximate surface area is 78.9 Å². The van der Waals surface area contributed by atoms with Crippen molar-refractivity contribution in [3.8, 4) is 5.75 Å². The molecule has 1 N–H and O–H groups in total. The molecule has 3 nitrogen and oxygen atoms in total. The fourth-order valence-electron chi connectivity index (χ4n) is 1.04. The van der Waals surface area contributed by atoms with Gasteiger partial charge in [-0.15, -0.1) is 0 Å². The number of halogens is 2. The van der Waals surface area contributed by atoms with Gasteiger partial charge in [-0.3, -0.25) is 0 Å². The van der Waals surface area contributed by atoms with Crippen LogP contribution >= 0.6 is 0 Å². The van der Waals surface area contributed by atoms with Crippen molar-refractivity contribution in [1.29, 1.82) is 0 Å². The van der Waals surface area contributed by atoms with Gasteiger partial charge < -0.3 is 9.84 Å². The average molecular weight is 202 g/mol. The molecular weight excluding hydrogens is 194 g/mol. The van der Waals surface area contributed by atoms with Crippen LogP contribution in [-0.4, -0.2) is 17.7 Å². The third-order valence-corrected chi connectivity index (χ3v) is 1.52.